The second-order valence-corrected chi connectivity index (χ2v) is 12.9. The van der Waals surface area contributed by atoms with Gasteiger partial charge < -0.3 is 20.5 Å². The van der Waals surface area contributed by atoms with E-state index in [0.29, 0.717) is 36.1 Å². The molecule has 0 aliphatic carbocycles. The maximum atomic E-state index is 13.5. The standard InChI is InChI=1S/C29H35N4O4P.C2H6/c1-5-36-24-12-10-20-14-21(24)16-33-26(34)17-38(32-28(33)30)18(2)7-6-8-19-9-11-25-22(13-19)23(31-27(20)35)15-29(3,4)37-25;1-2/h6,8-14,18,23H,5,7,15-17H2,1-4H3,(H2,30,32)(H,31,35);1-2H3/b8-6-;. The van der Waals surface area contributed by atoms with Crippen molar-refractivity contribution in [2.45, 2.75) is 78.2 Å². The predicted octanol–water partition coefficient (Wildman–Crippen LogP) is 6.00. The Bertz CT molecular complexity index is 1320. The molecule has 3 atom stereocenters. The molecule has 2 amide bonds. The number of amides is 2. The molecule has 2 aromatic carbocycles. The van der Waals surface area contributed by atoms with Crippen LogP contribution in [0.15, 0.2) is 47.2 Å². The molecule has 0 radical (unpaired) electrons. The first kappa shape index (κ1) is 29.6. The van der Waals surface area contributed by atoms with E-state index in [4.69, 9.17) is 20.0 Å². The molecule has 0 spiro atoms. The Morgan fingerprint density at radius 2 is 1.98 bits per heavy atom. The maximum Gasteiger partial charge on any atom is 0.251 e. The number of guanidine groups is 1. The van der Waals surface area contributed by atoms with Crippen molar-refractivity contribution in [2.75, 3.05) is 12.8 Å². The zero-order valence-electron chi connectivity index (χ0n) is 24.4. The van der Waals surface area contributed by atoms with Crippen LogP contribution in [0.4, 0.5) is 0 Å². The zero-order valence-corrected chi connectivity index (χ0v) is 25.3. The van der Waals surface area contributed by atoms with Crippen LogP contribution in [0.3, 0.4) is 0 Å². The molecule has 214 valence electrons. The number of carbonyl (C=O) groups excluding carboxylic acids is 2. The number of carbonyl (C=O) groups is 2. The quantitative estimate of drug-likeness (QED) is 0.435. The number of ether oxygens (including phenoxy) is 2. The number of rotatable bonds is 2. The lowest BCUT2D eigenvalue weighted by Gasteiger charge is -2.38. The minimum absolute atomic E-state index is 0.0532. The molecule has 2 aromatic rings. The number of allylic oxidation sites excluding steroid dienone is 1. The van der Waals surface area contributed by atoms with Gasteiger partial charge >= 0.3 is 0 Å². The summed E-state index contributed by atoms with van der Waals surface area (Å²) < 4.78 is 16.8. The van der Waals surface area contributed by atoms with E-state index in [2.05, 4.69) is 30.5 Å². The number of nitrogens with two attached hydrogens (primary N) is 1. The van der Waals surface area contributed by atoms with Crippen molar-refractivity contribution in [3.63, 3.8) is 0 Å². The molecule has 0 saturated heterocycles. The first-order valence-electron chi connectivity index (χ1n) is 14.1. The highest BCUT2D eigenvalue weighted by Gasteiger charge is 2.35. The minimum Gasteiger partial charge on any atom is -0.494 e. The fourth-order valence-corrected chi connectivity index (χ4v) is 6.94. The van der Waals surface area contributed by atoms with Crippen LogP contribution in [0.2, 0.25) is 0 Å². The van der Waals surface area contributed by atoms with E-state index in [1.807, 2.05) is 46.8 Å². The van der Waals surface area contributed by atoms with Crippen molar-refractivity contribution in [3.8, 4) is 11.5 Å². The second kappa shape index (κ2) is 12.4. The van der Waals surface area contributed by atoms with Crippen molar-refractivity contribution in [2.24, 2.45) is 10.5 Å². The summed E-state index contributed by atoms with van der Waals surface area (Å²) in [6, 6.07) is 11.2. The van der Waals surface area contributed by atoms with Gasteiger partial charge in [0, 0.05) is 36.8 Å². The molecule has 3 N–H and O–H groups in total. The topological polar surface area (TPSA) is 106 Å². The molecular formula is C31H41N4O4P. The summed E-state index contributed by atoms with van der Waals surface area (Å²) in [4.78, 5) is 28.2. The van der Waals surface area contributed by atoms with Gasteiger partial charge in [-0.2, -0.15) is 0 Å². The lowest BCUT2D eigenvalue weighted by atomic mass is 9.88. The fourth-order valence-electron chi connectivity index (χ4n) is 5.18. The summed E-state index contributed by atoms with van der Waals surface area (Å²) in [5.41, 5.74) is 9.31. The van der Waals surface area contributed by atoms with Crippen LogP contribution in [-0.2, 0) is 11.3 Å². The molecule has 4 aliphatic rings. The van der Waals surface area contributed by atoms with Gasteiger partial charge in [-0.3, -0.25) is 14.5 Å². The number of hydrogen-bond donors (Lipinski definition) is 2. The van der Waals surface area contributed by atoms with E-state index < -0.39 is 13.7 Å². The summed E-state index contributed by atoms with van der Waals surface area (Å²) in [5, 5.41) is 3.23. The van der Waals surface area contributed by atoms with E-state index in [1.54, 1.807) is 18.2 Å². The van der Waals surface area contributed by atoms with Crippen LogP contribution in [0.1, 0.15) is 87.5 Å². The van der Waals surface area contributed by atoms with Crippen LogP contribution < -0.4 is 20.5 Å². The van der Waals surface area contributed by atoms with Crippen LogP contribution in [0.5, 0.6) is 11.5 Å². The number of benzene rings is 2. The molecule has 0 aromatic heterocycles. The van der Waals surface area contributed by atoms with Gasteiger partial charge in [0.05, 0.1) is 25.4 Å². The van der Waals surface area contributed by atoms with Crippen LogP contribution in [0, 0.1) is 0 Å². The van der Waals surface area contributed by atoms with E-state index in [-0.39, 0.29) is 36.0 Å². The Morgan fingerprint density at radius 1 is 1.20 bits per heavy atom. The average Bonchev–Trinajstić information content (AvgIpc) is 2.91. The predicted molar refractivity (Wildman–Crippen MR) is 162 cm³/mol. The molecule has 8 nitrogen and oxygen atoms in total. The van der Waals surface area contributed by atoms with E-state index in [1.165, 1.54) is 4.90 Å². The molecule has 40 heavy (non-hydrogen) atoms. The van der Waals surface area contributed by atoms with Crippen LogP contribution >= 0.6 is 8.07 Å². The molecule has 6 rings (SSSR count). The fraction of sp³-hybridized carbons (Fsp3) is 0.452. The lowest BCUT2D eigenvalue weighted by Crippen LogP contribution is -2.45. The Kier molecular flexibility index (Phi) is 9.19. The lowest BCUT2D eigenvalue weighted by molar-refractivity contribution is -0.125. The van der Waals surface area contributed by atoms with Crippen LogP contribution in [-0.4, -0.2) is 46.7 Å². The zero-order chi connectivity index (χ0) is 29.0. The SMILES string of the molecule is CC.CCOc1ccc2cc1CN1C(=O)CP(N=C1N)C(C)C/C=C\c1ccc3c(c1)C(CC(C)(C)O3)NC2=O. The number of nitrogens with one attached hydrogen (secondary N) is 1. The molecule has 4 heterocycles. The monoisotopic (exact) mass is 564 g/mol. The first-order chi connectivity index (χ1) is 19.1. The summed E-state index contributed by atoms with van der Waals surface area (Å²) in [7, 11) is -0.931. The Morgan fingerprint density at radius 3 is 2.70 bits per heavy atom. The number of nitrogens with zero attached hydrogens (tertiary/aromatic N) is 2. The highest BCUT2D eigenvalue weighted by Crippen LogP contribution is 2.47. The summed E-state index contributed by atoms with van der Waals surface area (Å²) in [6.45, 7) is 12.7. The summed E-state index contributed by atoms with van der Waals surface area (Å²) in [5.74, 6) is 1.38. The van der Waals surface area contributed by atoms with E-state index in [9.17, 15) is 9.59 Å². The third-order valence-corrected chi connectivity index (χ3v) is 9.43. The second-order valence-electron chi connectivity index (χ2n) is 10.7. The van der Waals surface area contributed by atoms with Gasteiger partial charge in [0.1, 0.15) is 17.1 Å². The van der Waals surface area contributed by atoms with Crippen LogP contribution in [0.25, 0.3) is 6.08 Å². The maximum absolute atomic E-state index is 13.5. The molecule has 0 fully saturated rings. The molecule has 9 heteroatoms. The molecule has 0 saturated carbocycles. The summed E-state index contributed by atoms with van der Waals surface area (Å²) >= 11 is 0. The van der Waals surface area contributed by atoms with Crippen molar-refractivity contribution < 1.29 is 19.1 Å². The minimum atomic E-state index is -0.931. The molecule has 4 aliphatic heterocycles. The largest absolute Gasteiger partial charge is 0.494 e. The van der Waals surface area contributed by atoms with Crippen molar-refractivity contribution >= 4 is 31.9 Å². The number of fused-ring (bicyclic) bond motifs is 4. The van der Waals surface area contributed by atoms with Gasteiger partial charge in [-0.1, -0.05) is 39.0 Å². The smallest absolute Gasteiger partial charge is 0.251 e. The molecule has 3 unspecified atom stereocenters. The Balaban J connectivity index is 0.00000181. The normalized spacial score (nSPS) is 24.3. The molecular weight excluding hydrogens is 523 g/mol. The first-order valence-corrected chi connectivity index (χ1v) is 15.7. The van der Waals surface area contributed by atoms with Crippen molar-refractivity contribution in [1.29, 1.82) is 0 Å². The van der Waals surface area contributed by atoms with E-state index >= 15 is 0 Å². The highest BCUT2D eigenvalue weighted by molar-refractivity contribution is 7.58. The third kappa shape index (κ3) is 6.49. The van der Waals surface area contributed by atoms with Gasteiger partial charge in [0.15, 0.2) is 0 Å². The highest BCUT2D eigenvalue weighted by atomic mass is 31.1. The summed E-state index contributed by atoms with van der Waals surface area (Å²) in [6.07, 6.45) is 5.98. The van der Waals surface area contributed by atoms with Gasteiger partial charge in [0.25, 0.3) is 5.91 Å². The van der Waals surface area contributed by atoms with Crippen molar-refractivity contribution in [1.82, 2.24) is 10.2 Å². The van der Waals surface area contributed by atoms with Gasteiger partial charge in [-0.15, -0.1) is 0 Å². The van der Waals surface area contributed by atoms with Gasteiger partial charge in [0.2, 0.25) is 11.9 Å². The molecule has 6 bridgehead atoms. The Hall–Kier alpha value is -3.38. The third-order valence-electron chi connectivity index (χ3n) is 7.15. The van der Waals surface area contributed by atoms with Crippen molar-refractivity contribution in [3.05, 3.63) is 64.7 Å². The van der Waals surface area contributed by atoms with E-state index in [0.717, 1.165) is 23.3 Å². The Labute approximate surface area is 238 Å². The number of hydrogen-bond acceptors (Lipinski definition) is 6. The average molecular weight is 565 g/mol. The van der Waals surface area contributed by atoms with Gasteiger partial charge in [-0.05, 0) is 63.1 Å². The van der Waals surface area contributed by atoms with Gasteiger partial charge in [-0.25, -0.2) is 4.76 Å².